The molecule has 162 valence electrons. The highest BCUT2D eigenvalue weighted by atomic mass is 16.6. The molecule has 0 bridgehead atoms. The number of non-ortho nitro benzene ring substituents is 1. The summed E-state index contributed by atoms with van der Waals surface area (Å²) in [5.41, 5.74) is 1.36. The van der Waals surface area contributed by atoms with E-state index in [-0.39, 0.29) is 23.4 Å². The summed E-state index contributed by atoms with van der Waals surface area (Å²) in [5.74, 6) is 0.165. The molecule has 0 saturated heterocycles. The number of nitrogens with zero attached hydrogens (tertiary/aromatic N) is 3. The van der Waals surface area contributed by atoms with Crippen molar-refractivity contribution in [2.45, 2.75) is 6.61 Å². The summed E-state index contributed by atoms with van der Waals surface area (Å²) in [6.45, 7) is 0.157. The average Bonchev–Trinajstić information content (AvgIpc) is 2.86. The van der Waals surface area contributed by atoms with Gasteiger partial charge in [-0.1, -0.05) is 36.4 Å². The van der Waals surface area contributed by atoms with Gasteiger partial charge in [-0.3, -0.25) is 14.9 Å². The van der Waals surface area contributed by atoms with Gasteiger partial charge in [-0.15, -0.1) is 0 Å². The van der Waals surface area contributed by atoms with Gasteiger partial charge in [0, 0.05) is 23.3 Å². The number of hydrogen-bond donors (Lipinski definition) is 0. The van der Waals surface area contributed by atoms with Gasteiger partial charge >= 0.3 is 0 Å². The summed E-state index contributed by atoms with van der Waals surface area (Å²) in [4.78, 5) is 23.1. The van der Waals surface area contributed by atoms with Gasteiger partial charge in [0.15, 0.2) is 11.5 Å². The van der Waals surface area contributed by atoms with Gasteiger partial charge in [0.2, 0.25) is 5.78 Å². The molecule has 3 rings (SSSR count). The zero-order valence-electron chi connectivity index (χ0n) is 17.5. The number of hydrogen-bond acceptors (Lipinski definition) is 7. The number of allylic oxidation sites excluding steroid dienone is 1. The number of ketones is 1. The average molecular weight is 439 g/mol. The summed E-state index contributed by atoms with van der Waals surface area (Å²) in [5, 5.41) is 29.6. The van der Waals surface area contributed by atoms with Gasteiger partial charge in [0.05, 0.1) is 23.7 Å². The smallest absolute Gasteiger partial charge is 0.270 e. The lowest BCUT2D eigenvalue weighted by Crippen LogP contribution is -2.03. The molecule has 0 amide bonds. The fraction of sp³-hybridized carbons (Fsp3) is 0.0800. The highest BCUT2D eigenvalue weighted by Gasteiger charge is 2.16. The number of nitro benzene ring substituents is 1. The van der Waals surface area contributed by atoms with Crippen LogP contribution in [-0.2, 0) is 6.61 Å². The molecule has 0 fully saturated rings. The maximum atomic E-state index is 12.7. The summed E-state index contributed by atoms with van der Waals surface area (Å²) in [6.07, 6.45) is 1.37. The van der Waals surface area contributed by atoms with Crippen molar-refractivity contribution < 1.29 is 19.2 Å². The van der Waals surface area contributed by atoms with E-state index in [0.717, 1.165) is 11.6 Å². The van der Waals surface area contributed by atoms with Crippen LogP contribution in [0.3, 0.4) is 0 Å². The quantitative estimate of drug-likeness (QED) is 0.161. The standard InChI is InChI=1S/C25H17N3O5/c1-32-24-12-17(9-10-23(24)33-16-20-6-3-2-5-19(20)14-26)11-21(15-27)25(29)18-7-4-8-22(13-18)28(30)31/h2-13H,16H2,1H3/b21-11+. The summed E-state index contributed by atoms with van der Waals surface area (Å²) < 4.78 is 11.2. The molecule has 0 N–H and O–H groups in total. The number of ether oxygens (including phenoxy) is 2. The molecule has 8 heteroatoms. The lowest BCUT2D eigenvalue weighted by Gasteiger charge is -2.12. The Bertz CT molecular complexity index is 1330. The molecular formula is C25H17N3O5. The zero-order chi connectivity index (χ0) is 23.8. The van der Waals surface area contributed by atoms with Gasteiger partial charge in [0.1, 0.15) is 18.2 Å². The molecule has 8 nitrogen and oxygen atoms in total. The topological polar surface area (TPSA) is 126 Å². The predicted molar refractivity (Wildman–Crippen MR) is 119 cm³/mol. The zero-order valence-corrected chi connectivity index (χ0v) is 17.5. The molecule has 0 unspecified atom stereocenters. The Morgan fingerprint density at radius 3 is 2.55 bits per heavy atom. The Labute approximate surface area is 189 Å². The minimum Gasteiger partial charge on any atom is -0.493 e. The molecule has 0 aromatic heterocycles. The second kappa shape index (κ2) is 10.4. The Morgan fingerprint density at radius 2 is 1.85 bits per heavy atom. The molecule has 0 spiro atoms. The predicted octanol–water partition coefficient (Wildman–Crippen LogP) is 4.84. The number of carbonyl (C=O) groups is 1. The second-order valence-electron chi connectivity index (χ2n) is 6.77. The van der Waals surface area contributed by atoms with Crippen molar-refractivity contribution in [2.75, 3.05) is 7.11 Å². The van der Waals surface area contributed by atoms with Crippen LogP contribution in [0.15, 0.2) is 72.3 Å². The molecule has 0 radical (unpaired) electrons. The van der Waals surface area contributed by atoms with Crippen molar-refractivity contribution in [2.24, 2.45) is 0 Å². The molecule has 3 aromatic rings. The van der Waals surface area contributed by atoms with Crippen molar-refractivity contribution in [1.82, 2.24) is 0 Å². The van der Waals surface area contributed by atoms with Crippen LogP contribution in [0.1, 0.15) is 27.0 Å². The van der Waals surface area contributed by atoms with Crippen LogP contribution in [0, 0.1) is 32.8 Å². The Hall–Kier alpha value is -4.95. The molecule has 33 heavy (non-hydrogen) atoms. The summed E-state index contributed by atoms with van der Waals surface area (Å²) >= 11 is 0. The van der Waals surface area contributed by atoms with Crippen LogP contribution < -0.4 is 9.47 Å². The number of Topliss-reactive ketones (excluding diaryl/α,β-unsaturated/α-hetero) is 1. The Kier molecular flexibility index (Phi) is 7.15. The Balaban J connectivity index is 1.85. The molecular weight excluding hydrogens is 422 g/mol. The van der Waals surface area contributed by atoms with E-state index in [9.17, 15) is 25.4 Å². The van der Waals surface area contributed by atoms with Gasteiger partial charge in [-0.05, 0) is 29.8 Å². The highest BCUT2D eigenvalue weighted by molar-refractivity contribution is 6.14. The number of nitriles is 2. The van der Waals surface area contributed by atoms with E-state index in [0.29, 0.717) is 22.6 Å². The highest BCUT2D eigenvalue weighted by Crippen LogP contribution is 2.30. The van der Waals surface area contributed by atoms with Crippen LogP contribution >= 0.6 is 0 Å². The maximum absolute atomic E-state index is 12.7. The SMILES string of the molecule is COc1cc(/C=C(\C#N)C(=O)c2cccc([N+](=O)[O-])c2)ccc1OCc1ccccc1C#N. The van der Waals surface area contributed by atoms with Crippen LogP contribution in [0.25, 0.3) is 6.08 Å². The third kappa shape index (κ3) is 5.40. The first kappa shape index (κ1) is 22.7. The van der Waals surface area contributed by atoms with Crippen molar-refractivity contribution in [3.63, 3.8) is 0 Å². The van der Waals surface area contributed by atoms with Gasteiger partial charge in [0.25, 0.3) is 5.69 Å². The van der Waals surface area contributed by atoms with Crippen LogP contribution in [0.2, 0.25) is 0 Å². The first-order chi connectivity index (χ1) is 16.0. The molecule has 0 aliphatic rings. The first-order valence-electron chi connectivity index (χ1n) is 9.66. The fourth-order valence-corrected chi connectivity index (χ4v) is 3.04. The third-order valence-electron chi connectivity index (χ3n) is 4.70. The van der Waals surface area contributed by atoms with Gasteiger partial charge in [-0.2, -0.15) is 10.5 Å². The normalized spacial score (nSPS) is 10.6. The van der Waals surface area contributed by atoms with E-state index in [1.54, 1.807) is 36.4 Å². The number of benzene rings is 3. The summed E-state index contributed by atoms with van der Waals surface area (Å²) in [7, 11) is 1.46. The van der Waals surface area contributed by atoms with Gasteiger partial charge < -0.3 is 9.47 Å². The lowest BCUT2D eigenvalue weighted by molar-refractivity contribution is -0.384. The molecule has 0 aliphatic heterocycles. The third-order valence-corrected chi connectivity index (χ3v) is 4.70. The minimum atomic E-state index is -0.631. The minimum absolute atomic E-state index is 0.0417. The van der Waals surface area contributed by atoms with Crippen molar-refractivity contribution in [3.8, 4) is 23.6 Å². The number of nitro groups is 1. The summed E-state index contributed by atoms with van der Waals surface area (Å²) in [6, 6.07) is 21.1. The molecule has 0 atom stereocenters. The van der Waals surface area contributed by atoms with Crippen molar-refractivity contribution >= 4 is 17.5 Å². The van der Waals surface area contributed by atoms with Crippen molar-refractivity contribution in [3.05, 3.63) is 105 Å². The first-order valence-corrected chi connectivity index (χ1v) is 9.66. The van der Waals surface area contributed by atoms with E-state index in [1.807, 2.05) is 12.1 Å². The molecule has 0 heterocycles. The van der Waals surface area contributed by atoms with Gasteiger partial charge in [-0.25, -0.2) is 0 Å². The number of carbonyl (C=O) groups excluding carboxylic acids is 1. The largest absolute Gasteiger partial charge is 0.493 e. The van der Waals surface area contributed by atoms with E-state index >= 15 is 0 Å². The number of methoxy groups -OCH3 is 1. The van der Waals surface area contributed by atoms with E-state index in [2.05, 4.69) is 6.07 Å². The van der Waals surface area contributed by atoms with Crippen LogP contribution in [0.4, 0.5) is 5.69 Å². The van der Waals surface area contributed by atoms with Crippen LogP contribution in [-0.4, -0.2) is 17.8 Å². The van der Waals surface area contributed by atoms with Crippen molar-refractivity contribution in [1.29, 1.82) is 10.5 Å². The maximum Gasteiger partial charge on any atom is 0.270 e. The van der Waals surface area contributed by atoms with Crippen LogP contribution in [0.5, 0.6) is 11.5 Å². The second-order valence-corrected chi connectivity index (χ2v) is 6.77. The lowest BCUT2D eigenvalue weighted by atomic mass is 10.0. The van der Waals surface area contributed by atoms with E-state index < -0.39 is 10.7 Å². The molecule has 0 saturated carbocycles. The van der Waals surface area contributed by atoms with E-state index in [4.69, 9.17) is 9.47 Å². The molecule has 0 aliphatic carbocycles. The molecule has 3 aromatic carbocycles. The fourth-order valence-electron chi connectivity index (χ4n) is 3.04. The monoisotopic (exact) mass is 439 g/mol. The van der Waals surface area contributed by atoms with E-state index in [1.165, 1.54) is 31.4 Å². The Morgan fingerprint density at radius 1 is 1.06 bits per heavy atom. The number of rotatable bonds is 8.